The van der Waals surface area contributed by atoms with Gasteiger partial charge in [-0.15, -0.1) is 0 Å². The van der Waals surface area contributed by atoms with Gasteiger partial charge in [-0.3, -0.25) is 9.71 Å². The molecule has 0 unspecified atom stereocenters. The monoisotopic (exact) mass is 344 g/mol. The predicted molar refractivity (Wildman–Crippen MR) is 98.6 cm³/mol. The number of rotatable bonds is 3. The van der Waals surface area contributed by atoms with Crippen molar-refractivity contribution in [2.24, 2.45) is 12.2 Å². The Labute approximate surface area is 143 Å². The molecule has 0 aliphatic heterocycles. The van der Waals surface area contributed by atoms with Crippen LogP contribution in [0.15, 0.2) is 27.0 Å². The molecule has 0 saturated heterocycles. The van der Waals surface area contributed by atoms with Crippen LogP contribution in [0.4, 0.5) is 0 Å². The van der Waals surface area contributed by atoms with E-state index in [0.717, 1.165) is 49.7 Å². The molecule has 24 heavy (non-hydrogen) atoms. The van der Waals surface area contributed by atoms with E-state index in [1.807, 2.05) is 39.8 Å². The lowest BCUT2D eigenvalue weighted by Gasteiger charge is -2.12. The summed E-state index contributed by atoms with van der Waals surface area (Å²) >= 11 is 1.19. The van der Waals surface area contributed by atoms with E-state index >= 15 is 0 Å². The minimum Gasteiger partial charge on any atom is -0.361 e. The number of H-pyrrole nitrogens is 1. The van der Waals surface area contributed by atoms with Gasteiger partial charge < -0.3 is 9.51 Å². The number of allylic oxidation sites excluding steroid dienone is 1. The van der Waals surface area contributed by atoms with E-state index in [4.69, 9.17) is 9.66 Å². The number of nitrogens with one attached hydrogen (secondary N) is 1. The molecule has 3 rings (SSSR count). The molecule has 2 heterocycles. The third-order valence-electron chi connectivity index (χ3n) is 4.13. The molecular formula is C17H20N4O2S. The second-order valence-electron chi connectivity index (χ2n) is 6.06. The molecule has 3 N–H and O–H groups in total. The van der Waals surface area contributed by atoms with Gasteiger partial charge in [-0.2, -0.15) is 0 Å². The second kappa shape index (κ2) is 5.99. The molecule has 2 aromatic heterocycles. The van der Waals surface area contributed by atoms with Crippen molar-refractivity contribution in [2.75, 3.05) is 0 Å². The van der Waals surface area contributed by atoms with Gasteiger partial charge in [-0.25, -0.2) is 4.79 Å². The second-order valence-corrected chi connectivity index (χ2v) is 6.70. The van der Waals surface area contributed by atoms with E-state index in [0.29, 0.717) is 0 Å². The topological polar surface area (TPSA) is 89.8 Å². The molecule has 1 aromatic carbocycles. The lowest BCUT2D eigenvalue weighted by atomic mass is 9.99. The number of aromatic amines is 1. The summed E-state index contributed by atoms with van der Waals surface area (Å²) in [6, 6.07) is 4.00. The summed E-state index contributed by atoms with van der Waals surface area (Å²) in [5, 5.41) is 9.94. The molecule has 0 amide bonds. The van der Waals surface area contributed by atoms with Crippen molar-refractivity contribution in [1.82, 2.24) is 14.7 Å². The Morgan fingerprint density at radius 2 is 2.04 bits per heavy atom. The largest absolute Gasteiger partial charge is 0.361 e. The minimum atomic E-state index is -0.155. The first-order valence-electron chi connectivity index (χ1n) is 7.55. The van der Waals surface area contributed by atoms with Gasteiger partial charge in [0, 0.05) is 23.1 Å². The van der Waals surface area contributed by atoms with Gasteiger partial charge in [0.25, 0.3) is 0 Å². The van der Waals surface area contributed by atoms with Crippen LogP contribution < -0.4 is 10.8 Å². The zero-order valence-corrected chi connectivity index (χ0v) is 15.2. The fraction of sp³-hybridized carbons (Fsp3) is 0.294. The summed E-state index contributed by atoms with van der Waals surface area (Å²) in [4.78, 5) is 16.0. The highest BCUT2D eigenvalue weighted by Gasteiger charge is 2.19. The quantitative estimate of drug-likeness (QED) is 0.710. The molecular weight excluding hydrogens is 324 g/mol. The van der Waals surface area contributed by atoms with Crippen molar-refractivity contribution < 1.29 is 4.52 Å². The summed E-state index contributed by atoms with van der Waals surface area (Å²) < 4.78 is 6.91. The third-order valence-corrected chi connectivity index (χ3v) is 4.99. The maximum absolute atomic E-state index is 12.1. The zero-order valence-electron chi connectivity index (χ0n) is 14.4. The molecule has 0 spiro atoms. The van der Waals surface area contributed by atoms with E-state index < -0.39 is 0 Å². The van der Waals surface area contributed by atoms with Gasteiger partial charge >= 0.3 is 5.69 Å². The van der Waals surface area contributed by atoms with Crippen LogP contribution in [-0.4, -0.2) is 14.7 Å². The summed E-state index contributed by atoms with van der Waals surface area (Å²) in [5.41, 5.74) is 6.17. The Morgan fingerprint density at radius 1 is 1.33 bits per heavy atom. The lowest BCUT2D eigenvalue weighted by molar-refractivity contribution is 0.393. The first-order valence-corrected chi connectivity index (χ1v) is 8.43. The average molecular weight is 344 g/mol. The van der Waals surface area contributed by atoms with E-state index in [9.17, 15) is 4.79 Å². The van der Waals surface area contributed by atoms with Crippen LogP contribution in [0.3, 0.4) is 0 Å². The smallest absolute Gasteiger partial charge is 0.326 e. The molecule has 0 atom stereocenters. The van der Waals surface area contributed by atoms with E-state index in [2.05, 4.69) is 10.1 Å². The van der Waals surface area contributed by atoms with Crippen molar-refractivity contribution >= 4 is 27.9 Å². The SMILES string of the molecule is CC(C)=C(SN)c1cc(-c2c(C)noc2C)cc2[nH]c(=O)n(C)c12. The molecule has 126 valence electrons. The molecule has 7 heteroatoms. The highest BCUT2D eigenvalue weighted by molar-refractivity contribution is 8.06. The number of hydrogen-bond acceptors (Lipinski definition) is 5. The number of fused-ring (bicyclic) bond motifs is 1. The van der Waals surface area contributed by atoms with Crippen LogP contribution in [0.5, 0.6) is 0 Å². The fourth-order valence-corrected chi connectivity index (χ4v) is 3.57. The normalized spacial score (nSPS) is 11.2. The van der Waals surface area contributed by atoms with Crippen LogP contribution in [-0.2, 0) is 7.05 Å². The number of aromatic nitrogens is 3. The molecule has 0 saturated carbocycles. The minimum absolute atomic E-state index is 0.155. The standard InChI is InChI=1S/C17H20N4O2S/c1-8(2)16(24-18)12-6-11(14-9(3)20-23-10(14)4)7-13-15(12)21(5)17(22)19-13/h6-7H,18H2,1-5H3,(H,19,22). The van der Waals surface area contributed by atoms with Crippen molar-refractivity contribution in [3.63, 3.8) is 0 Å². The third kappa shape index (κ3) is 2.50. The van der Waals surface area contributed by atoms with Crippen molar-refractivity contribution in [3.05, 3.63) is 45.2 Å². The van der Waals surface area contributed by atoms with Gasteiger partial charge in [0.2, 0.25) is 0 Å². The number of nitrogens with two attached hydrogens (primary N) is 1. The van der Waals surface area contributed by atoms with Gasteiger partial charge in [0.1, 0.15) is 5.76 Å². The summed E-state index contributed by atoms with van der Waals surface area (Å²) in [5.74, 6) is 0.746. The van der Waals surface area contributed by atoms with Crippen LogP contribution in [0.1, 0.15) is 30.9 Å². The molecule has 6 nitrogen and oxygen atoms in total. The Morgan fingerprint density at radius 3 is 2.58 bits per heavy atom. The Kier molecular flexibility index (Phi) is 4.15. The first-order chi connectivity index (χ1) is 11.3. The Hall–Kier alpha value is -2.25. The maximum Gasteiger partial charge on any atom is 0.326 e. The number of benzene rings is 1. The summed E-state index contributed by atoms with van der Waals surface area (Å²) in [7, 11) is 1.75. The maximum atomic E-state index is 12.1. The summed E-state index contributed by atoms with van der Waals surface area (Å²) in [6.45, 7) is 7.80. The molecule has 0 aliphatic carbocycles. The molecule has 0 radical (unpaired) electrons. The van der Waals surface area contributed by atoms with Crippen LogP contribution in [0.25, 0.3) is 27.1 Å². The van der Waals surface area contributed by atoms with Gasteiger partial charge in [-0.1, -0.05) is 10.7 Å². The van der Waals surface area contributed by atoms with Crippen LogP contribution in [0.2, 0.25) is 0 Å². The van der Waals surface area contributed by atoms with Crippen molar-refractivity contribution in [3.8, 4) is 11.1 Å². The van der Waals surface area contributed by atoms with Crippen molar-refractivity contribution in [1.29, 1.82) is 0 Å². The Bertz CT molecular complexity index is 1000. The van der Waals surface area contributed by atoms with E-state index in [1.165, 1.54) is 11.9 Å². The number of hydrogen-bond donors (Lipinski definition) is 2. The number of aryl methyl sites for hydroxylation is 3. The molecule has 0 aliphatic rings. The van der Waals surface area contributed by atoms with E-state index in [1.54, 1.807) is 11.6 Å². The predicted octanol–water partition coefficient (Wildman–Crippen LogP) is 3.50. The van der Waals surface area contributed by atoms with E-state index in [-0.39, 0.29) is 5.69 Å². The zero-order chi connectivity index (χ0) is 17.6. The molecule has 0 bridgehead atoms. The van der Waals surface area contributed by atoms with Gasteiger partial charge in [-0.05, 0) is 57.3 Å². The number of nitrogens with zero attached hydrogens (tertiary/aromatic N) is 2. The molecule has 3 aromatic rings. The Balaban J connectivity index is 2.45. The highest BCUT2D eigenvalue weighted by atomic mass is 32.2. The number of imidazole rings is 1. The fourth-order valence-electron chi connectivity index (χ4n) is 3.05. The first kappa shape index (κ1) is 16.6. The van der Waals surface area contributed by atoms with Crippen LogP contribution >= 0.6 is 11.9 Å². The lowest BCUT2D eigenvalue weighted by Crippen LogP contribution is -2.12. The summed E-state index contributed by atoms with van der Waals surface area (Å²) in [6.07, 6.45) is 0. The van der Waals surface area contributed by atoms with Crippen LogP contribution in [0, 0.1) is 13.8 Å². The average Bonchev–Trinajstić information content (AvgIpc) is 2.99. The van der Waals surface area contributed by atoms with Crippen molar-refractivity contribution in [2.45, 2.75) is 27.7 Å². The van der Waals surface area contributed by atoms with Gasteiger partial charge in [0.15, 0.2) is 0 Å². The molecule has 0 fully saturated rings. The highest BCUT2D eigenvalue weighted by Crippen LogP contribution is 2.37. The van der Waals surface area contributed by atoms with Gasteiger partial charge in [0.05, 0.1) is 16.7 Å².